The third-order valence-electron chi connectivity index (χ3n) is 6.87. The van der Waals surface area contributed by atoms with Crippen LogP contribution in [0.25, 0.3) is 11.1 Å². The molecule has 4 amide bonds. The number of imide groups is 1. The van der Waals surface area contributed by atoms with Crippen molar-refractivity contribution in [2.75, 3.05) is 26.4 Å². The zero-order valence-electron chi connectivity index (χ0n) is 25.6. The average molecular weight is 625 g/mol. The van der Waals surface area contributed by atoms with Gasteiger partial charge in [0.15, 0.2) is 5.72 Å². The van der Waals surface area contributed by atoms with E-state index in [2.05, 4.69) is 22.5 Å². The molecule has 0 spiro atoms. The Morgan fingerprint density at radius 1 is 1.00 bits per heavy atom. The quantitative estimate of drug-likeness (QED) is 0.145. The minimum Gasteiger partial charge on any atom is -0.481 e. The highest BCUT2D eigenvalue weighted by Gasteiger charge is 2.38. The van der Waals surface area contributed by atoms with Gasteiger partial charge in [0.25, 0.3) is 5.91 Å². The Morgan fingerprint density at radius 2 is 1.60 bits per heavy atom. The maximum atomic E-state index is 13.1. The van der Waals surface area contributed by atoms with Crippen LogP contribution in [0, 0.1) is 0 Å². The normalized spacial score (nSPS) is 14.2. The van der Waals surface area contributed by atoms with Gasteiger partial charge in [-0.05, 0) is 43.0 Å². The van der Waals surface area contributed by atoms with Crippen LogP contribution in [0.5, 0.6) is 0 Å². The Balaban J connectivity index is 1.58. The van der Waals surface area contributed by atoms with Gasteiger partial charge in [-0.3, -0.25) is 30.2 Å². The third kappa shape index (κ3) is 9.96. The lowest BCUT2D eigenvalue weighted by Gasteiger charge is -2.30. The van der Waals surface area contributed by atoms with Crippen molar-refractivity contribution in [3.05, 3.63) is 72.3 Å². The number of nitrogens with two attached hydrogens (primary N) is 1. The number of rotatable bonds is 15. The molecule has 45 heavy (non-hydrogen) atoms. The molecule has 0 fully saturated rings. The molecule has 0 unspecified atom stereocenters. The van der Waals surface area contributed by atoms with Gasteiger partial charge in [-0.1, -0.05) is 54.6 Å². The van der Waals surface area contributed by atoms with Crippen molar-refractivity contribution >= 4 is 29.8 Å². The summed E-state index contributed by atoms with van der Waals surface area (Å²) >= 11 is 0. The van der Waals surface area contributed by atoms with Gasteiger partial charge in [-0.25, -0.2) is 4.79 Å². The lowest BCUT2D eigenvalue weighted by Crippen LogP contribution is -2.61. The molecule has 0 radical (unpaired) electrons. The number of nitrogens with one attached hydrogen (secondary N) is 3. The summed E-state index contributed by atoms with van der Waals surface area (Å²) in [5.41, 5.74) is 7.41. The molecule has 2 atom stereocenters. The molecule has 13 heteroatoms. The summed E-state index contributed by atoms with van der Waals surface area (Å²) in [6.07, 6.45) is -0.522. The van der Waals surface area contributed by atoms with Crippen LogP contribution in [0.4, 0.5) is 4.79 Å². The van der Waals surface area contributed by atoms with Gasteiger partial charge in [-0.2, -0.15) is 0 Å². The van der Waals surface area contributed by atoms with E-state index in [0.29, 0.717) is 0 Å². The highest BCUT2D eigenvalue weighted by molar-refractivity contribution is 5.96. The minimum absolute atomic E-state index is 0.00557. The second kappa shape index (κ2) is 15.4. The van der Waals surface area contributed by atoms with Gasteiger partial charge in [0, 0.05) is 18.8 Å². The van der Waals surface area contributed by atoms with Crippen LogP contribution in [0.2, 0.25) is 0 Å². The number of amides is 4. The van der Waals surface area contributed by atoms with E-state index in [4.69, 9.17) is 25.1 Å². The maximum absolute atomic E-state index is 13.1. The van der Waals surface area contributed by atoms with Crippen molar-refractivity contribution < 1.29 is 43.3 Å². The van der Waals surface area contributed by atoms with E-state index in [1.165, 1.54) is 6.08 Å². The number of alkyl carbamates (subject to hydrolysis) is 1. The Bertz CT molecular complexity index is 1380. The SMILES string of the molecule is C=CCO[C@](N)(CCC(=O)O)C(=O)N[C@H](COC(C)(C)C)C(=O)NCC(=O)NC(=O)OCC1c2ccccc2-c2ccccc21. The van der Waals surface area contributed by atoms with Crippen molar-refractivity contribution in [2.24, 2.45) is 5.73 Å². The summed E-state index contributed by atoms with van der Waals surface area (Å²) in [5.74, 6) is -4.05. The molecule has 0 aromatic heterocycles. The number of carbonyl (C=O) groups is 5. The lowest BCUT2D eigenvalue weighted by molar-refractivity contribution is -0.152. The van der Waals surface area contributed by atoms with Gasteiger partial charge in [0.1, 0.15) is 12.6 Å². The fourth-order valence-corrected chi connectivity index (χ4v) is 4.63. The smallest absolute Gasteiger partial charge is 0.413 e. The largest absolute Gasteiger partial charge is 0.481 e. The number of hydrogen-bond acceptors (Lipinski definition) is 9. The van der Waals surface area contributed by atoms with E-state index in [-0.39, 0.29) is 32.2 Å². The highest BCUT2D eigenvalue weighted by atomic mass is 16.5. The van der Waals surface area contributed by atoms with E-state index in [9.17, 15) is 24.0 Å². The van der Waals surface area contributed by atoms with E-state index in [0.717, 1.165) is 22.3 Å². The van der Waals surface area contributed by atoms with Gasteiger partial charge in [0.05, 0.1) is 25.4 Å². The first-order chi connectivity index (χ1) is 21.2. The predicted molar refractivity (Wildman–Crippen MR) is 164 cm³/mol. The number of carbonyl (C=O) groups excluding carboxylic acids is 4. The molecular formula is C32H40N4O9. The van der Waals surface area contributed by atoms with Crippen LogP contribution in [-0.2, 0) is 33.4 Å². The number of aliphatic carboxylic acids is 1. The summed E-state index contributed by atoms with van der Waals surface area (Å²) in [6.45, 7) is 7.60. The molecule has 0 saturated heterocycles. The zero-order valence-corrected chi connectivity index (χ0v) is 25.6. The number of ether oxygens (including phenoxy) is 3. The Labute approximate surface area is 261 Å². The first-order valence-electron chi connectivity index (χ1n) is 14.4. The topological polar surface area (TPSA) is 195 Å². The van der Waals surface area contributed by atoms with Crippen LogP contribution >= 0.6 is 0 Å². The number of hydrogen-bond donors (Lipinski definition) is 5. The Kier molecular flexibility index (Phi) is 12.0. The van der Waals surface area contributed by atoms with Crippen LogP contribution in [0.15, 0.2) is 61.2 Å². The molecule has 0 aliphatic heterocycles. The first-order valence-corrected chi connectivity index (χ1v) is 14.4. The summed E-state index contributed by atoms with van der Waals surface area (Å²) in [6, 6.07) is 14.3. The third-order valence-corrected chi connectivity index (χ3v) is 6.87. The van der Waals surface area contributed by atoms with Crippen LogP contribution in [-0.4, -0.2) is 78.6 Å². The molecule has 6 N–H and O–H groups in total. The van der Waals surface area contributed by atoms with E-state index >= 15 is 0 Å². The average Bonchev–Trinajstić information content (AvgIpc) is 3.31. The molecule has 0 bridgehead atoms. The first kappa shape index (κ1) is 34.9. The number of fused-ring (bicyclic) bond motifs is 3. The standard InChI is InChI=1S/C32H40N4O9/c1-5-16-44-32(33,15-14-27(38)39)29(41)35-25(19-45-31(2,3)4)28(40)34-17-26(37)36-30(42)43-18-24-22-12-8-6-10-20(22)21-11-7-9-13-23(21)24/h5-13,24-25H,1,14-19,33H2,2-4H3,(H,34,40)(H,35,41)(H,38,39)(H,36,37,42)/t25-,32-/m1/s1. The number of carboxylic acid groups (broad SMARTS) is 1. The number of carboxylic acids is 1. The maximum Gasteiger partial charge on any atom is 0.413 e. The molecule has 1 aliphatic carbocycles. The van der Waals surface area contributed by atoms with Crippen molar-refractivity contribution in [1.82, 2.24) is 16.0 Å². The molecule has 1 aliphatic rings. The summed E-state index contributed by atoms with van der Waals surface area (Å²) in [5, 5.41) is 15.9. The van der Waals surface area contributed by atoms with Gasteiger partial charge >= 0.3 is 12.1 Å². The second-order valence-corrected chi connectivity index (χ2v) is 11.4. The van der Waals surface area contributed by atoms with Crippen LogP contribution < -0.4 is 21.7 Å². The minimum atomic E-state index is -2.09. The molecule has 2 aromatic rings. The van der Waals surface area contributed by atoms with Gasteiger partial charge in [-0.15, -0.1) is 6.58 Å². The summed E-state index contributed by atoms with van der Waals surface area (Å²) in [4.78, 5) is 62.2. The van der Waals surface area contributed by atoms with Crippen LogP contribution in [0.3, 0.4) is 0 Å². The Hall–Kier alpha value is -4.59. The lowest BCUT2D eigenvalue weighted by atomic mass is 9.98. The fraction of sp³-hybridized carbons (Fsp3) is 0.406. The molecule has 13 nitrogen and oxygen atoms in total. The molecule has 242 valence electrons. The van der Waals surface area contributed by atoms with Gasteiger partial charge in [0.2, 0.25) is 11.8 Å². The van der Waals surface area contributed by atoms with E-state index < -0.39 is 60.1 Å². The Morgan fingerprint density at radius 3 is 2.16 bits per heavy atom. The monoisotopic (exact) mass is 624 g/mol. The second-order valence-electron chi connectivity index (χ2n) is 11.4. The molecule has 0 saturated carbocycles. The molecule has 0 heterocycles. The zero-order chi connectivity index (χ0) is 33.2. The highest BCUT2D eigenvalue weighted by Crippen LogP contribution is 2.44. The van der Waals surface area contributed by atoms with Crippen molar-refractivity contribution in [2.45, 2.75) is 56.9 Å². The summed E-state index contributed by atoms with van der Waals surface area (Å²) < 4.78 is 16.4. The van der Waals surface area contributed by atoms with Gasteiger partial charge < -0.3 is 30.0 Å². The van der Waals surface area contributed by atoms with E-state index in [1.54, 1.807) is 20.8 Å². The molecule has 3 rings (SSSR count). The number of benzene rings is 2. The molecular weight excluding hydrogens is 584 g/mol. The summed E-state index contributed by atoms with van der Waals surface area (Å²) in [7, 11) is 0. The predicted octanol–water partition coefficient (Wildman–Crippen LogP) is 2.19. The molecule has 2 aromatic carbocycles. The van der Waals surface area contributed by atoms with Crippen molar-refractivity contribution in [3.63, 3.8) is 0 Å². The van der Waals surface area contributed by atoms with Crippen LogP contribution in [0.1, 0.15) is 50.7 Å². The fourth-order valence-electron chi connectivity index (χ4n) is 4.63. The van der Waals surface area contributed by atoms with E-state index in [1.807, 2.05) is 48.5 Å². The van der Waals surface area contributed by atoms with Crippen molar-refractivity contribution in [1.29, 1.82) is 0 Å². The van der Waals surface area contributed by atoms with Crippen molar-refractivity contribution in [3.8, 4) is 11.1 Å².